The summed E-state index contributed by atoms with van der Waals surface area (Å²) >= 11 is 0. The van der Waals surface area contributed by atoms with Gasteiger partial charge >= 0.3 is 0 Å². The molecule has 1 aliphatic carbocycles. The first kappa shape index (κ1) is 21.6. The lowest BCUT2D eigenvalue weighted by molar-refractivity contribution is -0.164. The number of ether oxygens (including phenoxy) is 2. The van der Waals surface area contributed by atoms with E-state index in [1.165, 1.54) is 0 Å². The molecule has 0 unspecified atom stereocenters. The largest absolute Gasteiger partial charge is 0.492 e. The minimum atomic E-state index is -0.295. The smallest absolute Gasteiger partial charge is 0.253 e. The van der Waals surface area contributed by atoms with Crippen molar-refractivity contribution in [3.05, 3.63) is 53.3 Å². The fourth-order valence-corrected chi connectivity index (χ4v) is 4.70. The SMILES string of the molecule is CCOc1cc(OC2C(C)(C)C(NC(=O)c3ccc(C)nc3)C2(C)C)ccc1C#N. The van der Waals surface area contributed by atoms with Crippen LogP contribution in [0.15, 0.2) is 36.5 Å². The Morgan fingerprint density at radius 1 is 1.20 bits per heavy atom. The molecule has 0 aliphatic heterocycles. The lowest BCUT2D eigenvalue weighted by atomic mass is 9.49. The predicted molar refractivity (Wildman–Crippen MR) is 115 cm³/mol. The van der Waals surface area contributed by atoms with Gasteiger partial charge in [-0.2, -0.15) is 5.26 Å². The van der Waals surface area contributed by atoms with Crippen molar-refractivity contribution in [3.8, 4) is 17.6 Å². The Labute approximate surface area is 178 Å². The van der Waals surface area contributed by atoms with Crippen LogP contribution in [-0.2, 0) is 0 Å². The summed E-state index contributed by atoms with van der Waals surface area (Å²) in [4.78, 5) is 17.0. The third kappa shape index (κ3) is 3.85. The van der Waals surface area contributed by atoms with Crippen LogP contribution in [0.1, 0.15) is 56.2 Å². The molecule has 1 aromatic heterocycles. The first-order valence-corrected chi connectivity index (χ1v) is 10.2. The molecule has 0 atom stereocenters. The molecule has 1 saturated carbocycles. The van der Waals surface area contributed by atoms with Crippen LogP contribution in [0.4, 0.5) is 0 Å². The second kappa shape index (κ2) is 7.98. The second-order valence-corrected chi connectivity index (χ2v) is 8.94. The molecule has 30 heavy (non-hydrogen) atoms. The molecule has 1 fully saturated rings. The van der Waals surface area contributed by atoms with Crippen LogP contribution in [0.2, 0.25) is 0 Å². The molecule has 1 amide bonds. The first-order valence-electron chi connectivity index (χ1n) is 10.2. The number of nitrogens with one attached hydrogen (secondary N) is 1. The molecule has 1 aromatic carbocycles. The van der Waals surface area contributed by atoms with Crippen LogP contribution in [0.3, 0.4) is 0 Å². The third-order valence-corrected chi connectivity index (χ3v) is 5.92. The molecule has 158 valence electrons. The molecular formula is C24H29N3O3. The molecule has 1 aliphatic rings. The van der Waals surface area contributed by atoms with Crippen molar-refractivity contribution in [1.29, 1.82) is 5.26 Å². The number of hydrogen-bond donors (Lipinski definition) is 1. The summed E-state index contributed by atoms with van der Waals surface area (Å²) in [5, 5.41) is 12.4. The summed E-state index contributed by atoms with van der Waals surface area (Å²) in [5.74, 6) is 1.03. The normalized spacial score (nSPS) is 21.1. The number of nitriles is 1. The Morgan fingerprint density at radius 3 is 2.47 bits per heavy atom. The van der Waals surface area contributed by atoms with E-state index in [2.05, 4.69) is 44.1 Å². The zero-order valence-corrected chi connectivity index (χ0v) is 18.4. The number of carbonyl (C=O) groups excluding carboxylic acids is 1. The zero-order valence-electron chi connectivity index (χ0n) is 18.4. The highest BCUT2D eigenvalue weighted by molar-refractivity contribution is 5.94. The Hall–Kier alpha value is -3.07. The maximum Gasteiger partial charge on any atom is 0.253 e. The van der Waals surface area contributed by atoms with E-state index < -0.39 is 0 Å². The van der Waals surface area contributed by atoms with Gasteiger partial charge in [0.15, 0.2) is 0 Å². The molecule has 1 N–H and O–H groups in total. The standard InChI is InChI=1S/C24H29N3O3/c1-7-29-19-12-18(11-10-16(19)13-25)30-22-23(3,4)21(24(22,5)6)27-20(28)17-9-8-15(2)26-14-17/h8-12,14,21-22H,7H2,1-6H3,(H,27,28). The van der Waals surface area contributed by atoms with E-state index in [-0.39, 0.29) is 28.9 Å². The number of nitrogens with zero attached hydrogens (tertiary/aromatic N) is 2. The number of pyridine rings is 1. The van der Waals surface area contributed by atoms with Gasteiger partial charge in [0.2, 0.25) is 0 Å². The van der Waals surface area contributed by atoms with Gasteiger partial charge in [-0.25, -0.2) is 0 Å². The summed E-state index contributed by atoms with van der Waals surface area (Å²) in [7, 11) is 0. The topological polar surface area (TPSA) is 84.2 Å². The van der Waals surface area contributed by atoms with Crippen molar-refractivity contribution >= 4 is 5.91 Å². The number of hydrogen-bond acceptors (Lipinski definition) is 5. The number of aryl methyl sites for hydroxylation is 1. The highest BCUT2D eigenvalue weighted by Crippen LogP contribution is 2.55. The van der Waals surface area contributed by atoms with Crippen LogP contribution < -0.4 is 14.8 Å². The van der Waals surface area contributed by atoms with Gasteiger partial charge < -0.3 is 14.8 Å². The lowest BCUT2D eigenvalue weighted by Gasteiger charge is -2.63. The Morgan fingerprint density at radius 2 is 1.90 bits per heavy atom. The molecule has 6 nitrogen and oxygen atoms in total. The quantitative estimate of drug-likeness (QED) is 0.773. The van der Waals surface area contributed by atoms with E-state index in [4.69, 9.17) is 9.47 Å². The fourth-order valence-electron chi connectivity index (χ4n) is 4.70. The van der Waals surface area contributed by atoms with Crippen molar-refractivity contribution in [1.82, 2.24) is 10.3 Å². The van der Waals surface area contributed by atoms with Gasteiger partial charge in [0.05, 0.1) is 17.7 Å². The summed E-state index contributed by atoms with van der Waals surface area (Å²) in [5.41, 5.74) is 1.31. The molecule has 0 saturated heterocycles. The number of carbonyl (C=O) groups is 1. The van der Waals surface area contributed by atoms with Gasteiger partial charge in [-0.1, -0.05) is 27.7 Å². The van der Waals surface area contributed by atoms with Crippen molar-refractivity contribution < 1.29 is 14.3 Å². The summed E-state index contributed by atoms with van der Waals surface area (Å²) < 4.78 is 11.9. The van der Waals surface area contributed by atoms with Crippen molar-refractivity contribution in [3.63, 3.8) is 0 Å². The number of rotatable bonds is 6. The third-order valence-electron chi connectivity index (χ3n) is 5.92. The number of amides is 1. The Balaban J connectivity index is 1.77. The second-order valence-electron chi connectivity index (χ2n) is 8.94. The van der Waals surface area contributed by atoms with Gasteiger partial charge in [0, 0.05) is 34.8 Å². The maximum atomic E-state index is 12.7. The van der Waals surface area contributed by atoms with E-state index in [1.807, 2.05) is 19.9 Å². The number of aromatic nitrogens is 1. The monoisotopic (exact) mass is 407 g/mol. The predicted octanol–water partition coefficient (Wildman–Crippen LogP) is 4.27. The summed E-state index contributed by atoms with van der Waals surface area (Å²) in [6, 6.07) is 10.9. The van der Waals surface area contributed by atoms with Gasteiger partial charge in [-0.15, -0.1) is 0 Å². The van der Waals surface area contributed by atoms with E-state index in [1.54, 1.807) is 30.5 Å². The lowest BCUT2D eigenvalue weighted by Crippen LogP contribution is -2.74. The van der Waals surface area contributed by atoms with Crippen LogP contribution in [-0.4, -0.2) is 29.6 Å². The van der Waals surface area contributed by atoms with E-state index in [9.17, 15) is 10.1 Å². The zero-order chi connectivity index (χ0) is 22.1. The highest BCUT2D eigenvalue weighted by Gasteiger charge is 2.64. The molecule has 0 bridgehead atoms. The molecule has 1 heterocycles. The number of benzene rings is 1. The average Bonchev–Trinajstić information content (AvgIpc) is 2.70. The summed E-state index contributed by atoms with van der Waals surface area (Å²) in [6.07, 6.45) is 1.47. The van der Waals surface area contributed by atoms with Gasteiger partial charge in [0.25, 0.3) is 5.91 Å². The van der Waals surface area contributed by atoms with Gasteiger partial charge in [-0.3, -0.25) is 9.78 Å². The van der Waals surface area contributed by atoms with Gasteiger partial charge in [-0.05, 0) is 38.1 Å². The summed E-state index contributed by atoms with van der Waals surface area (Å²) in [6.45, 7) is 12.6. The van der Waals surface area contributed by atoms with Crippen molar-refractivity contribution in [2.45, 2.75) is 53.7 Å². The Bertz CT molecular complexity index is 958. The first-order chi connectivity index (χ1) is 14.1. The van der Waals surface area contributed by atoms with E-state index in [0.717, 1.165) is 5.69 Å². The molecule has 3 rings (SSSR count). The average molecular weight is 408 g/mol. The minimum Gasteiger partial charge on any atom is -0.492 e. The van der Waals surface area contributed by atoms with Crippen LogP contribution in [0.5, 0.6) is 11.5 Å². The molecular weight excluding hydrogens is 378 g/mol. The van der Waals surface area contributed by atoms with E-state index in [0.29, 0.717) is 29.2 Å². The highest BCUT2D eigenvalue weighted by atomic mass is 16.5. The van der Waals surface area contributed by atoms with Crippen LogP contribution in [0, 0.1) is 29.1 Å². The maximum absolute atomic E-state index is 12.7. The van der Waals surface area contributed by atoms with Crippen molar-refractivity contribution in [2.75, 3.05) is 6.61 Å². The van der Waals surface area contributed by atoms with Crippen LogP contribution in [0.25, 0.3) is 0 Å². The van der Waals surface area contributed by atoms with Gasteiger partial charge in [0.1, 0.15) is 23.7 Å². The van der Waals surface area contributed by atoms with E-state index >= 15 is 0 Å². The van der Waals surface area contributed by atoms with Crippen LogP contribution >= 0.6 is 0 Å². The van der Waals surface area contributed by atoms with Crippen molar-refractivity contribution in [2.24, 2.45) is 10.8 Å². The molecule has 0 spiro atoms. The molecule has 2 aromatic rings. The molecule has 6 heteroatoms. The molecule has 0 radical (unpaired) electrons. The fraction of sp³-hybridized carbons (Fsp3) is 0.458. The minimum absolute atomic E-state index is 0.0754. The Kier molecular flexibility index (Phi) is 5.76.